The molecule has 0 heterocycles. The molecule has 0 N–H and O–H groups in total. The number of quaternary nitrogens is 1. The Morgan fingerprint density at radius 1 is 1.20 bits per heavy atom. The van der Waals surface area contributed by atoms with E-state index in [4.69, 9.17) is 4.74 Å². The molecule has 3 heteroatoms. The number of carbonyl (C=O) groups is 1. The minimum absolute atomic E-state index is 0.0688. The van der Waals surface area contributed by atoms with E-state index in [0.29, 0.717) is 17.4 Å². The molecule has 0 aliphatic heterocycles. The predicted molar refractivity (Wildman–Crippen MR) is 80.4 cm³/mol. The van der Waals surface area contributed by atoms with Crippen LogP contribution in [0.15, 0.2) is 30.3 Å². The van der Waals surface area contributed by atoms with Gasteiger partial charge in [-0.25, -0.2) is 4.79 Å². The first kappa shape index (κ1) is 15.0. The van der Waals surface area contributed by atoms with E-state index in [1.165, 1.54) is 0 Å². The Morgan fingerprint density at radius 2 is 1.85 bits per heavy atom. The third-order valence-electron chi connectivity index (χ3n) is 3.98. The van der Waals surface area contributed by atoms with Gasteiger partial charge in [-0.2, -0.15) is 0 Å². The van der Waals surface area contributed by atoms with E-state index >= 15 is 0 Å². The van der Waals surface area contributed by atoms with Crippen molar-refractivity contribution in [3.63, 3.8) is 0 Å². The highest BCUT2D eigenvalue weighted by molar-refractivity contribution is 5.89. The summed E-state index contributed by atoms with van der Waals surface area (Å²) in [6, 6.07) is 9.27. The molecule has 1 fully saturated rings. The quantitative estimate of drug-likeness (QED) is 0.624. The first-order valence-electron chi connectivity index (χ1n) is 7.41. The summed E-state index contributed by atoms with van der Waals surface area (Å²) in [6.07, 6.45) is 2.22. The second-order valence-electron chi connectivity index (χ2n) is 7.10. The summed E-state index contributed by atoms with van der Waals surface area (Å²) in [5.41, 5.74) is 0.648. The molecule has 0 unspecified atom stereocenters. The second-order valence-corrected chi connectivity index (χ2v) is 7.10. The minimum atomic E-state index is -0.187. The molecule has 2 rings (SSSR count). The van der Waals surface area contributed by atoms with Crippen LogP contribution in [0.1, 0.15) is 30.1 Å². The van der Waals surface area contributed by atoms with E-state index < -0.39 is 0 Å². The van der Waals surface area contributed by atoms with Gasteiger partial charge < -0.3 is 9.22 Å². The van der Waals surface area contributed by atoms with Crippen LogP contribution in [0.2, 0.25) is 0 Å². The summed E-state index contributed by atoms with van der Waals surface area (Å²) >= 11 is 0. The van der Waals surface area contributed by atoms with Gasteiger partial charge in [-0.1, -0.05) is 25.1 Å². The topological polar surface area (TPSA) is 26.3 Å². The first-order chi connectivity index (χ1) is 9.35. The normalized spacial score (nSPS) is 26.5. The number of nitrogens with zero attached hydrogens (tertiary/aromatic N) is 1. The molecule has 1 aromatic carbocycles. The maximum Gasteiger partial charge on any atom is 0.338 e. The van der Waals surface area contributed by atoms with Crippen molar-refractivity contribution in [2.24, 2.45) is 11.8 Å². The van der Waals surface area contributed by atoms with Crippen LogP contribution in [0.25, 0.3) is 0 Å². The van der Waals surface area contributed by atoms with Crippen molar-refractivity contribution in [1.29, 1.82) is 0 Å². The zero-order valence-electron chi connectivity index (χ0n) is 13.0. The highest BCUT2D eigenvalue weighted by atomic mass is 16.5. The fourth-order valence-electron chi connectivity index (χ4n) is 3.20. The lowest BCUT2D eigenvalue weighted by Crippen LogP contribution is -2.38. The average molecular weight is 276 g/mol. The van der Waals surface area contributed by atoms with Gasteiger partial charge in [0.1, 0.15) is 6.10 Å². The summed E-state index contributed by atoms with van der Waals surface area (Å²) in [5, 5.41) is 0. The molecule has 3 nitrogen and oxygen atoms in total. The molecule has 20 heavy (non-hydrogen) atoms. The van der Waals surface area contributed by atoms with E-state index in [-0.39, 0.29) is 12.1 Å². The molecule has 0 amide bonds. The van der Waals surface area contributed by atoms with Crippen molar-refractivity contribution in [3.8, 4) is 0 Å². The Balaban J connectivity index is 1.92. The van der Waals surface area contributed by atoms with Gasteiger partial charge in [0.2, 0.25) is 0 Å². The van der Waals surface area contributed by atoms with Crippen molar-refractivity contribution in [3.05, 3.63) is 35.9 Å². The van der Waals surface area contributed by atoms with E-state index in [2.05, 4.69) is 28.1 Å². The lowest BCUT2D eigenvalue weighted by molar-refractivity contribution is -0.873. The van der Waals surface area contributed by atoms with Crippen LogP contribution in [-0.2, 0) is 4.74 Å². The predicted octanol–water partition coefficient (Wildman–Crippen LogP) is 2.96. The Kier molecular flexibility index (Phi) is 4.48. The molecule has 0 bridgehead atoms. The van der Waals surface area contributed by atoms with Crippen molar-refractivity contribution >= 4 is 5.97 Å². The SMILES string of the molecule is C[C@@H]1C[C@H](C[N+](C)(C)C)C[C@H]1OC(=O)c1ccccc1. The van der Waals surface area contributed by atoms with Gasteiger partial charge in [0.05, 0.1) is 33.3 Å². The molecule has 1 saturated carbocycles. The number of hydrogen-bond donors (Lipinski definition) is 0. The molecule has 3 atom stereocenters. The van der Waals surface area contributed by atoms with Crippen molar-refractivity contribution in [2.45, 2.75) is 25.9 Å². The second kappa shape index (κ2) is 5.96. The first-order valence-corrected chi connectivity index (χ1v) is 7.41. The van der Waals surface area contributed by atoms with Crippen LogP contribution >= 0.6 is 0 Å². The molecule has 110 valence electrons. The molecular weight excluding hydrogens is 250 g/mol. The highest BCUT2D eigenvalue weighted by Crippen LogP contribution is 2.34. The number of rotatable bonds is 4. The minimum Gasteiger partial charge on any atom is -0.458 e. The van der Waals surface area contributed by atoms with Gasteiger partial charge in [0.25, 0.3) is 0 Å². The van der Waals surface area contributed by atoms with Crippen LogP contribution < -0.4 is 0 Å². The van der Waals surface area contributed by atoms with E-state index in [1.807, 2.05) is 30.3 Å². The summed E-state index contributed by atoms with van der Waals surface area (Å²) < 4.78 is 6.68. The number of hydrogen-bond acceptors (Lipinski definition) is 2. The summed E-state index contributed by atoms with van der Waals surface area (Å²) in [4.78, 5) is 12.1. The van der Waals surface area contributed by atoms with Gasteiger partial charge in [0.15, 0.2) is 0 Å². The summed E-state index contributed by atoms with van der Waals surface area (Å²) in [5.74, 6) is 0.922. The Hall–Kier alpha value is -1.35. The molecule has 0 aromatic heterocycles. The monoisotopic (exact) mass is 276 g/mol. The Bertz CT molecular complexity index is 450. The van der Waals surface area contributed by atoms with Crippen molar-refractivity contribution in [1.82, 2.24) is 0 Å². The molecule has 1 aliphatic carbocycles. The van der Waals surface area contributed by atoms with Gasteiger partial charge in [-0.05, 0) is 30.9 Å². The number of carbonyl (C=O) groups excluding carboxylic acids is 1. The molecule has 0 radical (unpaired) electrons. The van der Waals surface area contributed by atoms with Gasteiger partial charge in [-0.3, -0.25) is 0 Å². The summed E-state index contributed by atoms with van der Waals surface area (Å²) in [6.45, 7) is 3.34. The van der Waals surface area contributed by atoms with Crippen LogP contribution in [0.4, 0.5) is 0 Å². The van der Waals surface area contributed by atoms with E-state index in [1.54, 1.807) is 0 Å². The Morgan fingerprint density at radius 3 is 2.45 bits per heavy atom. The fraction of sp³-hybridized carbons (Fsp3) is 0.588. The average Bonchev–Trinajstić information content (AvgIpc) is 2.68. The van der Waals surface area contributed by atoms with Crippen molar-refractivity contribution in [2.75, 3.05) is 27.7 Å². The third kappa shape index (κ3) is 4.07. The lowest BCUT2D eigenvalue weighted by Gasteiger charge is -2.27. The maximum atomic E-state index is 12.1. The molecule has 0 spiro atoms. The summed E-state index contributed by atoms with van der Waals surface area (Å²) in [7, 11) is 6.65. The third-order valence-corrected chi connectivity index (χ3v) is 3.98. The highest BCUT2D eigenvalue weighted by Gasteiger charge is 2.36. The van der Waals surface area contributed by atoms with Gasteiger partial charge >= 0.3 is 5.97 Å². The number of benzene rings is 1. The van der Waals surface area contributed by atoms with Gasteiger partial charge in [-0.15, -0.1) is 0 Å². The molecule has 0 saturated heterocycles. The van der Waals surface area contributed by atoms with Crippen LogP contribution in [0, 0.1) is 11.8 Å². The van der Waals surface area contributed by atoms with Crippen LogP contribution in [0.5, 0.6) is 0 Å². The molecule has 1 aliphatic rings. The fourth-order valence-corrected chi connectivity index (χ4v) is 3.20. The molecule has 1 aromatic rings. The van der Waals surface area contributed by atoms with Crippen LogP contribution in [0.3, 0.4) is 0 Å². The smallest absolute Gasteiger partial charge is 0.338 e. The van der Waals surface area contributed by atoms with E-state index in [9.17, 15) is 4.79 Å². The number of ether oxygens (including phenoxy) is 1. The number of esters is 1. The van der Waals surface area contributed by atoms with Crippen molar-refractivity contribution < 1.29 is 14.0 Å². The zero-order valence-corrected chi connectivity index (χ0v) is 13.0. The lowest BCUT2D eigenvalue weighted by atomic mass is 10.1. The Labute approximate surface area is 122 Å². The van der Waals surface area contributed by atoms with Crippen LogP contribution in [-0.4, -0.2) is 44.2 Å². The largest absolute Gasteiger partial charge is 0.458 e. The molecular formula is C17H26NO2+. The van der Waals surface area contributed by atoms with E-state index in [0.717, 1.165) is 23.9 Å². The van der Waals surface area contributed by atoms with Gasteiger partial charge in [0, 0.05) is 5.92 Å². The zero-order chi connectivity index (χ0) is 14.8. The standard InChI is InChI=1S/C17H26NO2/c1-13-10-14(12-18(2,3)4)11-16(13)20-17(19)15-8-6-5-7-9-15/h5-9,13-14,16H,10-12H2,1-4H3/q+1/t13-,14+,16-/m1/s1. The maximum absolute atomic E-state index is 12.1.